The summed E-state index contributed by atoms with van der Waals surface area (Å²) in [6, 6.07) is 8.34. The van der Waals surface area contributed by atoms with Gasteiger partial charge in [0.2, 0.25) is 5.78 Å². The zero-order valence-corrected chi connectivity index (χ0v) is 17.4. The van der Waals surface area contributed by atoms with E-state index in [4.69, 9.17) is 4.98 Å². The normalized spacial score (nSPS) is 18.7. The summed E-state index contributed by atoms with van der Waals surface area (Å²) in [4.78, 5) is 18.8. The number of benzene rings is 1. The van der Waals surface area contributed by atoms with Crippen LogP contribution in [0.4, 0.5) is 0 Å². The van der Waals surface area contributed by atoms with Crippen LogP contribution in [0.1, 0.15) is 52.2 Å². The van der Waals surface area contributed by atoms with Crippen molar-refractivity contribution in [1.82, 2.24) is 19.2 Å². The van der Waals surface area contributed by atoms with E-state index in [1.165, 1.54) is 5.56 Å². The van der Waals surface area contributed by atoms with Gasteiger partial charge in [-0.2, -0.15) is 0 Å². The number of aromatic nitrogens is 4. The third kappa shape index (κ3) is 2.73. The average molecular weight is 383 g/mol. The number of fused-ring (bicyclic) bond motifs is 4. The summed E-state index contributed by atoms with van der Waals surface area (Å²) in [5, 5.41) is 5.77. The van der Waals surface area contributed by atoms with Crippen molar-refractivity contribution in [2.45, 2.75) is 69.8 Å². The molecule has 1 aromatic carbocycles. The first-order valence-electron chi connectivity index (χ1n) is 9.68. The van der Waals surface area contributed by atoms with Crippen LogP contribution in [0.25, 0.3) is 17.0 Å². The Labute approximate surface area is 163 Å². The minimum atomic E-state index is -0.219. The fourth-order valence-electron chi connectivity index (χ4n) is 4.00. The van der Waals surface area contributed by atoms with Crippen LogP contribution >= 0.6 is 11.8 Å². The highest BCUT2D eigenvalue weighted by atomic mass is 32.2. The Bertz CT molecular complexity index is 1080. The average Bonchev–Trinajstić information content (AvgIpc) is 2.98. The van der Waals surface area contributed by atoms with Gasteiger partial charge in [-0.05, 0) is 25.3 Å². The second-order valence-corrected chi connectivity index (χ2v) is 9.33. The predicted molar refractivity (Wildman–Crippen MR) is 111 cm³/mol. The van der Waals surface area contributed by atoms with Crippen molar-refractivity contribution >= 4 is 17.5 Å². The molecule has 0 N–H and O–H groups in total. The van der Waals surface area contributed by atoms with E-state index in [-0.39, 0.29) is 11.0 Å². The van der Waals surface area contributed by atoms with Gasteiger partial charge in [0.25, 0.3) is 5.56 Å². The highest BCUT2D eigenvalue weighted by Gasteiger charge is 2.38. The van der Waals surface area contributed by atoms with Gasteiger partial charge in [-0.3, -0.25) is 4.79 Å². The zero-order chi connectivity index (χ0) is 19.3. The Morgan fingerprint density at radius 2 is 2.00 bits per heavy atom. The molecule has 0 saturated heterocycles. The largest absolute Gasteiger partial charge is 0.268 e. The molecule has 0 fully saturated rings. The Balaban J connectivity index is 2.13. The molecule has 27 heavy (non-hydrogen) atoms. The molecule has 1 atom stereocenters. The van der Waals surface area contributed by atoms with E-state index < -0.39 is 0 Å². The quantitative estimate of drug-likeness (QED) is 0.631. The van der Waals surface area contributed by atoms with Crippen LogP contribution in [0, 0.1) is 0 Å². The molecule has 1 unspecified atom stereocenters. The Kier molecular flexibility index (Phi) is 4.41. The van der Waals surface area contributed by atoms with E-state index in [9.17, 15) is 4.79 Å². The van der Waals surface area contributed by atoms with Crippen LogP contribution in [-0.2, 0) is 18.4 Å². The summed E-state index contributed by atoms with van der Waals surface area (Å²) >= 11 is 1.61. The maximum Gasteiger partial charge on any atom is 0.265 e. The molecule has 0 spiro atoms. The number of hydrogen-bond acceptors (Lipinski definition) is 4. The number of aryl methyl sites for hydroxylation is 1. The molecule has 0 aliphatic heterocycles. The van der Waals surface area contributed by atoms with Crippen molar-refractivity contribution in [3.63, 3.8) is 0 Å². The summed E-state index contributed by atoms with van der Waals surface area (Å²) < 4.78 is 3.57. The Morgan fingerprint density at radius 1 is 1.26 bits per heavy atom. The second kappa shape index (κ2) is 6.51. The first-order chi connectivity index (χ1) is 12.9. The maximum atomic E-state index is 13.7. The molecular weight excluding hydrogens is 356 g/mol. The minimum Gasteiger partial charge on any atom is -0.268 e. The minimum absolute atomic E-state index is 0.0386. The summed E-state index contributed by atoms with van der Waals surface area (Å²) in [6.45, 7) is 11.3. The molecule has 0 saturated carbocycles. The van der Waals surface area contributed by atoms with Gasteiger partial charge in [0.15, 0.2) is 5.16 Å². The molecule has 6 heteroatoms. The zero-order valence-electron chi connectivity index (χ0n) is 16.6. The van der Waals surface area contributed by atoms with Crippen molar-refractivity contribution < 1.29 is 0 Å². The number of rotatable bonds is 4. The highest BCUT2D eigenvalue weighted by molar-refractivity contribution is 7.99. The monoisotopic (exact) mass is 382 g/mol. The van der Waals surface area contributed by atoms with E-state index >= 15 is 0 Å². The topological polar surface area (TPSA) is 52.2 Å². The maximum absolute atomic E-state index is 13.7. The van der Waals surface area contributed by atoms with Crippen LogP contribution in [0.15, 0.2) is 34.2 Å². The van der Waals surface area contributed by atoms with Gasteiger partial charge >= 0.3 is 0 Å². The number of hydrogen-bond donors (Lipinski definition) is 0. The van der Waals surface area contributed by atoms with Crippen LogP contribution in [0.3, 0.4) is 0 Å². The molecule has 2 aromatic heterocycles. The first kappa shape index (κ1) is 18.3. The number of nitrogens with zero attached hydrogens (tertiary/aromatic N) is 4. The van der Waals surface area contributed by atoms with Gasteiger partial charge in [0.05, 0.1) is 11.3 Å². The van der Waals surface area contributed by atoms with Crippen LogP contribution < -0.4 is 5.56 Å². The fourth-order valence-corrected chi connectivity index (χ4v) is 4.84. The summed E-state index contributed by atoms with van der Waals surface area (Å²) in [7, 11) is 0. The summed E-state index contributed by atoms with van der Waals surface area (Å²) in [5.41, 5.74) is 3.84. The molecule has 3 aromatic rings. The van der Waals surface area contributed by atoms with E-state index in [2.05, 4.69) is 51.0 Å². The molecule has 1 aliphatic carbocycles. The van der Waals surface area contributed by atoms with Crippen molar-refractivity contribution in [2.75, 3.05) is 0 Å². The van der Waals surface area contributed by atoms with Gasteiger partial charge in [0, 0.05) is 22.8 Å². The van der Waals surface area contributed by atoms with Crippen molar-refractivity contribution in [3.05, 3.63) is 45.7 Å². The third-order valence-electron chi connectivity index (χ3n) is 5.57. The lowest BCUT2D eigenvalue weighted by Gasteiger charge is -2.35. The van der Waals surface area contributed by atoms with Crippen molar-refractivity contribution in [1.29, 1.82) is 0 Å². The number of thioether (sulfide) groups is 1. The van der Waals surface area contributed by atoms with Gasteiger partial charge in [-0.25, -0.2) is 14.1 Å². The molecule has 0 amide bonds. The fraction of sp³-hybridized carbons (Fsp3) is 0.476. The SMILES string of the molecule is CCn1nc(SC(C)C)n2c(=O)c3c(nc12)-c1ccccc1CC3(C)CC. The Hall–Kier alpha value is -2.08. The standard InChI is InChI=1S/C21H26N4OS/c1-6-21(5)12-14-10-8-9-11-15(14)17-16(21)18(26)25-19(22-17)24(7-2)23-20(25)27-13(3)4/h8-11,13H,6-7,12H2,1-5H3. The first-order valence-corrected chi connectivity index (χ1v) is 10.6. The van der Waals surface area contributed by atoms with Crippen LogP contribution in [0.2, 0.25) is 0 Å². The van der Waals surface area contributed by atoms with E-state index in [0.29, 0.717) is 17.6 Å². The van der Waals surface area contributed by atoms with E-state index in [0.717, 1.165) is 34.8 Å². The lowest BCUT2D eigenvalue weighted by molar-refractivity contribution is 0.439. The molecular formula is C21H26N4OS. The van der Waals surface area contributed by atoms with Crippen molar-refractivity contribution in [3.8, 4) is 11.3 Å². The smallest absolute Gasteiger partial charge is 0.265 e. The molecule has 5 nitrogen and oxygen atoms in total. The highest BCUT2D eigenvalue weighted by Crippen LogP contribution is 2.42. The molecule has 142 valence electrons. The third-order valence-corrected chi connectivity index (χ3v) is 6.52. The van der Waals surface area contributed by atoms with Gasteiger partial charge in [-0.15, -0.1) is 5.10 Å². The van der Waals surface area contributed by atoms with Crippen LogP contribution in [0.5, 0.6) is 0 Å². The van der Waals surface area contributed by atoms with Crippen molar-refractivity contribution in [2.24, 2.45) is 0 Å². The molecule has 0 bridgehead atoms. The molecule has 1 aliphatic rings. The molecule has 4 rings (SSSR count). The lowest BCUT2D eigenvalue weighted by atomic mass is 9.69. The van der Waals surface area contributed by atoms with Crippen LogP contribution in [-0.4, -0.2) is 24.4 Å². The van der Waals surface area contributed by atoms with E-state index in [1.54, 1.807) is 16.2 Å². The summed E-state index contributed by atoms with van der Waals surface area (Å²) in [5.74, 6) is 0.638. The predicted octanol–water partition coefficient (Wildman–Crippen LogP) is 4.30. The molecule has 2 heterocycles. The lowest BCUT2D eigenvalue weighted by Crippen LogP contribution is -2.38. The van der Waals surface area contributed by atoms with Gasteiger partial charge in [0.1, 0.15) is 0 Å². The molecule has 0 radical (unpaired) electrons. The van der Waals surface area contributed by atoms with Gasteiger partial charge < -0.3 is 0 Å². The van der Waals surface area contributed by atoms with Gasteiger partial charge in [-0.1, -0.05) is 63.7 Å². The Morgan fingerprint density at radius 3 is 2.67 bits per heavy atom. The van der Waals surface area contributed by atoms with E-state index in [1.807, 2.05) is 17.7 Å². The summed E-state index contributed by atoms with van der Waals surface area (Å²) in [6.07, 6.45) is 1.76. The second-order valence-electron chi connectivity index (χ2n) is 7.79.